The van der Waals surface area contributed by atoms with Crippen LogP contribution < -0.4 is 68.8 Å². The predicted octanol–water partition coefficient (Wildman–Crippen LogP) is 6.28. The van der Waals surface area contributed by atoms with Crippen molar-refractivity contribution in [3.8, 4) is 0 Å². The van der Waals surface area contributed by atoms with Crippen molar-refractivity contribution < 1.29 is 0 Å². The highest BCUT2D eigenvalue weighted by molar-refractivity contribution is 4.92. The Morgan fingerprint density at radius 1 is 0.413 bits per heavy atom. The normalized spacial score (nSPS) is 41.1. The molecule has 12 nitrogen and oxygen atoms in total. The first-order valence-corrected chi connectivity index (χ1v) is 26.5. The van der Waals surface area contributed by atoms with Crippen molar-refractivity contribution in [3.63, 3.8) is 0 Å². The second-order valence-electron chi connectivity index (χ2n) is 23.4. The first-order chi connectivity index (χ1) is 29.5. The van der Waals surface area contributed by atoms with Crippen LogP contribution in [0.2, 0.25) is 0 Å². The maximum atomic E-state index is 6.06. The second-order valence-corrected chi connectivity index (χ2v) is 23.4. The Morgan fingerprint density at radius 3 is 1.21 bits per heavy atom. The number of rotatable bonds is 2. The van der Waals surface area contributed by atoms with Gasteiger partial charge in [-0.25, -0.2) is 0 Å². The Balaban J connectivity index is 0.000000369. The van der Waals surface area contributed by atoms with Gasteiger partial charge in [0.1, 0.15) is 0 Å². The van der Waals surface area contributed by atoms with Crippen molar-refractivity contribution in [2.75, 3.05) is 6.54 Å². The molecule has 0 saturated heterocycles. The zero-order valence-corrected chi connectivity index (χ0v) is 42.7. The molecule has 7 fully saturated rings. The topological polar surface area (TPSA) is 312 Å². The van der Waals surface area contributed by atoms with E-state index >= 15 is 0 Å². The van der Waals surface area contributed by atoms with Crippen LogP contribution in [0.4, 0.5) is 0 Å². The Labute approximate surface area is 390 Å². The summed E-state index contributed by atoms with van der Waals surface area (Å²) in [7, 11) is 0. The van der Waals surface area contributed by atoms with Gasteiger partial charge in [0.15, 0.2) is 0 Å². The zero-order valence-electron chi connectivity index (χ0n) is 42.7. The summed E-state index contributed by atoms with van der Waals surface area (Å²) in [6.45, 7) is 17.0. The van der Waals surface area contributed by atoms with Gasteiger partial charge in [-0.3, -0.25) is 0 Å². The van der Waals surface area contributed by atoms with E-state index < -0.39 is 0 Å². The molecule has 0 aromatic carbocycles. The van der Waals surface area contributed by atoms with Crippen molar-refractivity contribution in [1.82, 2.24) is 0 Å². The third-order valence-corrected chi connectivity index (χ3v) is 15.9. The molecule has 7 aliphatic carbocycles. The van der Waals surface area contributed by atoms with Crippen molar-refractivity contribution in [2.45, 2.75) is 282 Å². The lowest BCUT2D eigenvalue weighted by Gasteiger charge is -2.45. The Bertz CT molecular complexity index is 1060. The van der Waals surface area contributed by atoms with E-state index in [1.807, 2.05) is 0 Å². The van der Waals surface area contributed by atoms with Gasteiger partial charge in [0.05, 0.1) is 0 Å². The molecule has 7 aliphatic rings. The van der Waals surface area contributed by atoms with Gasteiger partial charge in [0.25, 0.3) is 0 Å². The second kappa shape index (κ2) is 32.3. The van der Waals surface area contributed by atoms with Gasteiger partial charge in [-0.15, -0.1) is 0 Å². The monoisotopic (exact) mass is 895 g/mol. The molecule has 0 aromatic rings. The molecule has 12 heteroatoms. The van der Waals surface area contributed by atoms with Crippen molar-refractivity contribution in [3.05, 3.63) is 0 Å². The van der Waals surface area contributed by atoms with Crippen LogP contribution in [0.3, 0.4) is 0 Å². The Hall–Kier alpha value is -0.480. The van der Waals surface area contributed by atoms with E-state index in [2.05, 4.69) is 48.5 Å². The van der Waals surface area contributed by atoms with Gasteiger partial charge in [-0.1, -0.05) is 93.4 Å². The molecule has 13 unspecified atom stereocenters. The average molecular weight is 896 g/mol. The van der Waals surface area contributed by atoms with Gasteiger partial charge in [-0.2, -0.15) is 0 Å². The van der Waals surface area contributed by atoms with Crippen LogP contribution in [0, 0.1) is 34.5 Å². The lowest BCUT2D eigenvalue weighted by Crippen LogP contribution is -2.44. The van der Waals surface area contributed by atoms with Crippen molar-refractivity contribution in [1.29, 1.82) is 0 Å². The van der Waals surface area contributed by atoms with Crippen LogP contribution in [0.1, 0.15) is 215 Å². The van der Waals surface area contributed by atoms with Crippen molar-refractivity contribution in [2.24, 2.45) is 103 Å². The van der Waals surface area contributed by atoms with Crippen LogP contribution in [0.15, 0.2) is 0 Å². The first-order valence-electron chi connectivity index (χ1n) is 26.5. The van der Waals surface area contributed by atoms with Crippen LogP contribution in [0.5, 0.6) is 0 Å². The molecule has 7 rings (SSSR count). The van der Waals surface area contributed by atoms with Crippen molar-refractivity contribution >= 4 is 0 Å². The minimum Gasteiger partial charge on any atom is -0.330 e. The summed E-state index contributed by atoms with van der Waals surface area (Å²) < 4.78 is 0. The molecule has 0 spiro atoms. The van der Waals surface area contributed by atoms with Gasteiger partial charge >= 0.3 is 0 Å². The Morgan fingerprint density at radius 2 is 0.857 bits per heavy atom. The number of nitrogens with two attached hydrogens (primary N) is 12. The summed E-state index contributed by atoms with van der Waals surface area (Å²) >= 11 is 0. The standard InChI is InChI=1S/C11H23N.C8H17N.2C7H16N2.3C6H14N2/c1-5-11(4)7-9(12)6-10(2,3)8-11;1-7-3-2-4-8(5-7)6-9;1-5-2-3-6(8)4-7(5)9;1-5-6(8)3-2-4-7(5)9;7-5-1-2-6(8)4-3-5;7-5-2-1-3-6(8)4-5;7-5-3-1-2-4-6(5)8/h9H,5-8,12H2,1-4H3;7-8H,2-6,9H2,1H3;2*5-7H,2-4,8-9H2,1H3;3*5-6H,1-4,7-8H2. The van der Waals surface area contributed by atoms with Gasteiger partial charge in [0.2, 0.25) is 0 Å². The lowest BCUT2D eigenvalue weighted by molar-refractivity contribution is 0.0802. The fraction of sp³-hybridized carbons (Fsp3) is 1.00. The van der Waals surface area contributed by atoms with Gasteiger partial charge < -0.3 is 68.8 Å². The summed E-state index contributed by atoms with van der Waals surface area (Å²) in [5.74, 6) is 2.99. The summed E-state index contributed by atoms with van der Waals surface area (Å²) in [5, 5.41) is 0. The highest BCUT2D eigenvalue weighted by Crippen LogP contribution is 2.47. The molecule has 0 heterocycles. The van der Waals surface area contributed by atoms with E-state index in [0.29, 0.717) is 77.0 Å². The largest absolute Gasteiger partial charge is 0.330 e. The summed E-state index contributed by atoms with van der Waals surface area (Å²) in [5.41, 5.74) is 69.5. The molecule has 378 valence electrons. The van der Waals surface area contributed by atoms with E-state index in [0.717, 1.165) is 89.0 Å². The summed E-state index contributed by atoms with van der Waals surface area (Å²) in [4.78, 5) is 0. The summed E-state index contributed by atoms with van der Waals surface area (Å²) in [6, 6.07) is 4.08. The van der Waals surface area contributed by atoms with E-state index in [4.69, 9.17) is 68.8 Å². The van der Waals surface area contributed by atoms with Crippen LogP contribution in [0.25, 0.3) is 0 Å². The smallest absolute Gasteiger partial charge is 0.0192 e. The Kier molecular flexibility index (Phi) is 31.0. The number of hydrogen-bond acceptors (Lipinski definition) is 12. The fourth-order valence-electron chi connectivity index (χ4n) is 11.2. The first kappa shape index (κ1) is 60.5. The third-order valence-electron chi connectivity index (χ3n) is 15.9. The fourth-order valence-corrected chi connectivity index (χ4v) is 11.2. The van der Waals surface area contributed by atoms with E-state index in [9.17, 15) is 0 Å². The molecule has 0 amide bonds. The predicted molar refractivity (Wildman–Crippen MR) is 275 cm³/mol. The zero-order chi connectivity index (χ0) is 47.8. The summed E-state index contributed by atoms with van der Waals surface area (Å²) in [6.07, 6.45) is 31.4. The molecule has 0 aliphatic heterocycles. The van der Waals surface area contributed by atoms with Crippen LogP contribution in [-0.4, -0.2) is 73.0 Å². The lowest BCUT2D eigenvalue weighted by atomic mass is 9.62. The minimum atomic E-state index is 0.281. The van der Waals surface area contributed by atoms with Crippen LogP contribution >= 0.6 is 0 Å². The van der Waals surface area contributed by atoms with Crippen LogP contribution in [-0.2, 0) is 0 Å². The molecular weight excluding hydrogens is 781 g/mol. The van der Waals surface area contributed by atoms with E-state index in [1.165, 1.54) is 96.3 Å². The molecule has 0 radical (unpaired) electrons. The highest BCUT2D eigenvalue weighted by atomic mass is 14.8. The third kappa shape index (κ3) is 27.8. The van der Waals surface area contributed by atoms with E-state index in [1.54, 1.807) is 0 Å². The average Bonchev–Trinajstić information content (AvgIpc) is 3.21. The maximum Gasteiger partial charge on any atom is 0.0192 e. The minimum absolute atomic E-state index is 0.281. The highest BCUT2D eigenvalue weighted by Gasteiger charge is 2.38. The molecule has 7 saturated carbocycles. The molecule has 0 bridgehead atoms. The maximum absolute atomic E-state index is 6.06. The SMILES string of the molecule is CC1C(N)CCCC1N.CC1CCC(N)CC1N.CC1CCCC(CN)C1.CCC1(C)CC(N)CC(C)(C)C1.NC1CCC(N)CC1.NC1CCCC(N)C1.NC1CCCCC1N. The van der Waals surface area contributed by atoms with E-state index in [-0.39, 0.29) is 12.1 Å². The van der Waals surface area contributed by atoms with Gasteiger partial charge in [-0.05, 0) is 163 Å². The quantitative estimate of drug-likeness (QED) is 0.146. The molecule has 13 atom stereocenters. The number of hydrogen-bond donors (Lipinski definition) is 12. The molecular formula is C51H114N12. The van der Waals surface area contributed by atoms with Gasteiger partial charge in [0, 0.05) is 66.5 Å². The molecule has 24 N–H and O–H groups in total. The molecule has 0 aromatic heterocycles. The molecule has 63 heavy (non-hydrogen) atoms.